The van der Waals surface area contributed by atoms with E-state index in [9.17, 15) is 0 Å². The summed E-state index contributed by atoms with van der Waals surface area (Å²) in [5.74, 6) is 0. The number of allylic oxidation sites excluding steroid dienone is 1. The number of rotatable bonds is 6. The molecule has 0 bridgehead atoms. The van der Waals surface area contributed by atoms with Gasteiger partial charge in [0.15, 0.2) is 0 Å². The quantitative estimate of drug-likeness (QED) is 0.682. The van der Waals surface area contributed by atoms with Crippen molar-refractivity contribution in [2.75, 3.05) is 4.90 Å². The summed E-state index contributed by atoms with van der Waals surface area (Å²) in [4.78, 5) is 2.16. The van der Waals surface area contributed by atoms with Crippen molar-refractivity contribution >= 4 is 11.4 Å². The van der Waals surface area contributed by atoms with E-state index in [0.717, 1.165) is 24.2 Å². The molecular weight excluding hydrogens is 244 g/mol. The molecule has 2 aromatic carbocycles. The molecule has 0 heterocycles. The molecule has 0 saturated carbocycles. The van der Waals surface area contributed by atoms with Gasteiger partial charge in [0.25, 0.3) is 0 Å². The Balaban J connectivity index is 2.16. The van der Waals surface area contributed by atoms with E-state index < -0.39 is 0 Å². The zero-order valence-corrected chi connectivity index (χ0v) is 11.4. The molecule has 20 heavy (non-hydrogen) atoms. The highest BCUT2D eigenvalue weighted by atomic mass is 15.1. The van der Waals surface area contributed by atoms with Crippen molar-refractivity contribution in [1.82, 2.24) is 0 Å². The highest BCUT2D eigenvalue weighted by Crippen LogP contribution is 2.25. The number of unbranched alkanes of at least 4 members (excludes halogenated alkanes) is 2. The molecule has 0 N–H and O–H groups in total. The monoisotopic (exact) mass is 262 g/mol. The molecule has 0 spiro atoms. The molecular formula is C18H18N2. The topological polar surface area (TPSA) is 27.0 Å². The van der Waals surface area contributed by atoms with Crippen LogP contribution in [0.5, 0.6) is 0 Å². The van der Waals surface area contributed by atoms with Crippen molar-refractivity contribution < 1.29 is 0 Å². The molecule has 2 nitrogen and oxygen atoms in total. The highest BCUT2D eigenvalue weighted by Gasteiger charge is 2.04. The molecule has 2 heteroatoms. The maximum atomic E-state index is 8.55. The molecule has 0 fully saturated rings. The van der Waals surface area contributed by atoms with Gasteiger partial charge < -0.3 is 4.90 Å². The first-order valence-corrected chi connectivity index (χ1v) is 6.85. The smallest absolute Gasteiger partial charge is 0.0621 e. The van der Waals surface area contributed by atoms with Crippen molar-refractivity contribution in [2.24, 2.45) is 0 Å². The first-order valence-electron chi connectivity index (χ1n) is 6.85. The normalized spacial score (nSPS) is 10.3. The van der Waals surface area contributed by atoms with Crippen LogP contribution in [0.15, 0.2) is 72.9 Å². The minimum Gasteiger partial charge on any atom is -0.318 e. The summed E-state index contributed by atoms with van der Waals surface area (Å²) in [5, 5.41) is 8.55. The summed E-state index contributed by atoms with van der Waals surface area (Å²) in [6.07, 6.45) is 6.65. The lowest BCUT2D eigenvalue weighted by molar-refractivity contribution is 0.874. The van der Waals surface area contributed by atoms with Crippen LogP contribution in [0.3, 0.4) is 0 Å². The maximum absolute atomic E-state index is 8.55. The van der Waals surface area contributed by atoms with Gasteiger partial charge in [-0.15, -0.1) is 0 Å². The third kappa shape index (κ3) is 4.00. The second-order valence-electron chi connectivity index (χ2n) is 4.48. The van der Waals surface area contributed by atoms with Gasteiger partial charge in [0.2, 0.25) is 0 Å². The zero-order chi connectivity index (χ0) is 14.0. The average molecular weight is 262 g/mol. The van der Waals surface area contributed by atoms with Crippen LogP contribution in [-0.4, -0.2) is 0 Å². The molecule has 0 aliphatic heterocycles. The number of nitrogens with zero attached hydrogens (tertiary/aromatic N) is 2. The molecule has 0 amide bonds. The van der Waals surface area contributed by atoms with Gasteiger partial charge in [0.1, 0.15) is 0 Å². The Morgan fingerprint density at radius 1 is 0.900 bits per heavy atom. The summed E-state index contributed by atoms with van der Waals surface area (Å²) in [6, 6.07) is 22.7. The third-order valence-corrected chi connectivity index (χ3v) is 2.98. The van der Waals surface area contributed by atoms with Crippen LogP contribution >= 0.6 is 0 Å². The number of anilines is 2. The summed E-state index contributed by atoms with van der Waals surface area (Å²) >= 11 is 0. The van der Waals surface area contributed by atoms with Crippen molar-refractivity contribution in [2.45, 2.75) is 19.3 Å². The first-order chi connectivity index (χ1) is 9.92. The maximum Gasteiger partial charge on any atom is 0.0621 e. The second kappa shape index (κ2) is 7.81. The minimum atomic E-state index is 0.612. The van der Waals surface area contributed by atoms with Gasteiger partial charge in [-0.1, -0.05) is 42.5 Å². The standard InChI is InChI=1S/C18H18N2/c19-15-9-1-2-10-16-20(17-11-5-3-6-12-17)18-13-7-4-8-14-18/h3-8,10-14,16H,1-2,9H2. The Labute approximate surface area is 120 Å². The van der Waals surface area contributed by atoms with E-state index in [1.807, 2.05) is 36.4 Å². The van der Waals surface area contributed by atoms with Crippen molar-refractivity contribution in [3.05, 3.63) is 72.9 Å². The molecule has 0 aliphatic rings. The van der Waals surface area contributed by atoms with Crippen molar-refractivity contribution in [3.8, 4) is 6.07 Å². The Hall–Kier alpha value is -2.53. The zero-order valence-electron chi connectivity index (χ0n) is 11.4. The average Bonchev–Trinajstić information content (AvgIpc) is 2.53. The fourth-order valence-corrected chi connectivity index (χ4v) is 1.98. The van der Waals surface area contributed by atoms with Crippen LogP contribution < -0.4 is 4.90 Å². The molecule has 0 unspecified atom stereocenters. The summed E-state index contributed by atoms with van der Waals surface area (Å²) in [5.41, 5.74) is 2.27. The Bertz CT molecular complexity index is 528. The Kier molecular flexibility index (Phi) is 5.42. The number of benzene rings is 2. The van der Waals surface area contributed by atoms with E-state index >= 15 is 0 Å². The lowest BCUT2D eigenvalue weighted by Crippen LogP contribution is -2.07. The van der Waals surface area contributed by atoms with Crippen LogP contribution in [0, 0.1) is 11.3 Å². The second-order valence-corrected chi connectivity index (χ2v) is 4.48. The molecule has 0 aliphatic carbocycles. The lowest BCUT2D eigenvalue weighted by atomic mass is 10.2. The predicted molar refractivity (Wildman–Crippen MR) is 83.6 cm³/mol. The van der Waals surface area contributed by atoms with Gasteiger partial charge in [-0.05, 0) is 37.1 Å². The fraction of sp³-hybridized carbons (Fsp3) is 0.167. The van der Waals surface area contributed by atoms with Gasteiger partial charge in [0.05, 0.1) is 6.07 Å². The summed E-state index contributed by atoms with van der Waals surface area (Å²) < 4.78 is 0. The van der Waals surface area contributed by atoms with E-state index in [1.165, 1.54) is 0 Å². The Morgan fingerprint density at radius 2 is 1.45 bits per heavy atom. The molecule has 0 saturated heterocycles. The van der Waals surface area contributed by atoms with Gasteiger partial charge in [0, 0.05) is 24.0 Å². The lowest BCUT2D eigenvalue weighted by Gasteiger charge is -2.20. The van der Waals surface area contributed by atoms with Crippen LogP contribution in [0.25, 0.3) is 0 Å². The predicted octanol–water partition coefficient (Wildman–Crippen LogP) is 5.03. The molecule has 0 atom stereocenters. The molecule has 0 aromatic heterocycles. The van der Waals surface area contributed by atoms with E-state index in [4.69, 9.17) is 5.26 Å². The van der Waals surface area contributed by atoms with Gasteiger partial charge in [-0.2, -0.15) is 5.26 Å². The number of para-hydroxylation sites is 2. The molecule has 2 rings (SSSR count). The van der Waals surface area contributed by atoms with Crippen molar-refractivity contribution in [1.29, 1.82) is 5.26 Å². The van der Waals surface area contributed by atoms with Crippen LogP contribution in [0.2, 0.25) is 0 Å². The van der Waals surface area contributed by atoms with Crippen LogP contribution in [-0.2, 0) is 0 Å². The molecule has 0 radical (unpaired) electrons. The third-order valence-electron chi connectivity index (χ3n) is 2.98. The number of hydrogen-bond acceptors (Lipinski definition) is 2. The van der Waals surface area contributed by atoms with Crippen LogP contribution in [0.1, 0.15) is 19.3 Å². The highest BCUT2D eigenvalue weighted by molar-refractivity contribution is 5.65. The van der Waals surface area contributed by atoms with Gasteiger partial charge in [-0.3, -0.25) is 0 Å². The van der Waals surface area contributed by atoms with Gasteiger partial charge in [-0.25, -0.2) is 0 Å². The van der Waals surface area contributed by atoms with E-state index in [-0.39, 0.29) is 0 Å². The Morgan fingerprint density at radius 3 is 1.95 bits per heavy atom. The first kappa shape index (κ1) is 13.9. The summed E-state index contributed by atoms with van der Waals surface area (Å²) in [7, 11) is 0. The summed E-state index contributed by atoms with van der Waals surface area (Å²) in [6.45, 7) is 0. The van der Waals surface area contributed by atoms with Crippen molar-refractivity contribution in [3.63, 3.8) is 0 Å². The van der Waals surface area contributed by atoms with E-state index in [2.05, 4.69) is 47.5 Å². The van der Waals surface area contributed by atoms with Gasteiger partial charge >= 0.3 is 0 Å². The number of nitriles is 1. The molecule has 100 valence electrons. The van der Waals surface area contributed by atoms with Crippen LogP contribution in [0.4, 0.5) is 11.4 Å². The fourth-order valence-electron chi connectivity index (χ4n) is 1.98. The minimum absolute atomic E-state index is 0.612. The largest absolute Gasteiger partial charge is 0.318 e. The number of hydrogen-bond donors (Lipinski definition) is 0. The molecule has 2 aromatic rings. The van der Waals surface area contributed by atoms with E-state index in [0.29, 0.717) is 6.42 Å². The SMILES string of the molecule is N#CCCCC=CN(c1ccccc1)c1ccccc1. The van der Waals surface area contributed by atoms with E-state index in [1.54, 1.807) is 0 Å².